The summed E-state index contributed by atoms with van der Waals surface area (Å²) in [7, 11) is 1.84. The lowest BCUT2D eigenvalue weighted by Gasteiger charge is -2.28. The highest BCUT2D eigenvalue weighted by atomic mass is 16.7. The van der Waals surface area contributed by atoms with Crippen LogP contribution in [0.1, 0.15) is 35.8 Å². The van der Waals surface area contributed by atoms with Gasteiger partial charge in [0, 0.05) is 37.3 Å². The van der Waals surface area contributed by atoms with Crippen molar-refractivity contribution < 1.29 is 19.4 Å². The zero-order chi connectivity index (χ0) is 26.6. The molecule has 198 valence electrons. The van der Waals surface area contributed by atoms with Crippen LogP contribution in [0, 0.1) is 6.92 Å². The first kappa shape index (κ1) is 25.5. The van der Waals surface area contributed by atoms with Crippen molar-refractivity contribution in [3.05, 3.63) is 93.9 Å². The van der Waals surface area contributed by atoms with Crippen molar-refractivity contribution in [1.82, 2.24) is 24.6 Å². The molecule has 3 heterocycles. The van der Waals surface area contributed by atoms with Crippen LogP contribution >= 0.6 is 0 Å². The maximum atomic E-state index is 13.6. The van der Waals surface area contributed by atoms with E-state index in [9.17, 15) is 9.59 Å². The number of hydrogen-bond donors (Lipinski definition) is 3. The number of allylic oxidation sites excluding steroid dienone is 1. The summed E-state index contributed by atoms with van der Waals surface area (Å²) in [5, 5.41) is 12.0. The molecule has 3 N–H and O–H groups in total. The van der Waals surface area contributed by atoms with E-state index in [4.69, 9.17) is 14.6 Å². The molecule has 2 aromatic carbocycles. The van der Waals surface area contributed by atoms with E-state index in [0.29, 0.717) is 24.2 Å². The smallest absolute Gasteiger partial charge is 0.286 e. The van der Waals surface area contributed by atoms with Gasteiger partial charge in [0.05, 0.1) is 29.9 Å². The van der Waals surface area contributed by atoms with Crippen LogP contribution in [0.2, 0.25) is 0 Å². The molecule has 0 saturated carbocycles. The first-order valence-electron chi connectivity index (χ1n) is 12.6. The van der Waals surface area contributed by atoms with E-state index in [0.717, 1.165) is 22.4 Å². The molecule has 0 aliphatic carbocycles. The normalized spacial score (nSPS) is 17.3. The molecule has 5 rings (SSSR count). The average molecular weight is 518 g/mol. The Labute approximate surface area is 219 Å². The molecule has 0 unspecified atom stereocenters. The summed E-state index contributed by atoms with van der Waals surface area (Å²) in [6.45, 7) is 2.32. The molecule has 4 aromatic rings. The molecule has 2 aromatic heterocycles. The topological polar surface area (TPSA) is 123 Å². The Balaban J connectivity index is 1.42. The molecular formula is C28H31N5O5. The number of aromatic nitrogens is 4. The minimum Gasteiger partial charge on any atom is -0.459 e. The number of rotatable bonds is 9. The molecule has 1 amide bonds. The predicted molar refractivity (Wildman–Crippen MR) is 142 cm³/mol. The first-order chi connectivity index (χ1) is 18.5. The van der Waals surface area contributed by atoms with Crippen molar-refractivity contribution in [2.75, 3.05) is 13.2 Å². The van der Waals surface area contributed by atoms with Crippen LogP contribution in [0.5, 0.6) is 0 Å². The number of ether oxygens (including phenoxy) is 2. The van der Waals surface area contributed by atoms with Crippen molar-refractivity contribution in [3.8, 4) is 5.69 Å². The summed E-state index contributed by atoms with van der Waals surface area (Å²) in [5.41, 5.74) is 3.67. The van der Waals surface area contributed by atoms with E-state index < -0.39 is 18.1 Å². The number of nitrogens with zero attached hydrogens (tertiary/aromatic N) is 3. The van der Waals surface area contributed by atoms with Gasteiger partial charge in [-0.2, -0.15) is 0 Å². The van der Waals surface area contributed by atoms with E-state index in [1.807, 2.05) is 73.3 Å². The number of aromatic amines is 1. The second kappa shape index (κ2) is 11.1. The zero-order valence-corrected chi connectivity index (χ0v) is 21.4. The predicted octanol–water partition coefficient (Wildman–Crippen LogP) is 2.79. The van der Waals surface area contributed by atoms with Gasteiger partial charge in [-0.05, 0) is 43.7 Å². The van der Waals surface area contributed by atoms with Crippen molar-refractivity contribution in [2.45, 2.75) is 38.5 Å². The van der Waals surface area contributed by atoms with Crippen LogP contribution in [0.25, 0.3) is 16.7 Å². The van der Waals surface area contributed by atoms with Crippen molar-refractivity contribution >= 4 is 16.9 Å². The van der Waals surface area contributed by atoms with Gasteiger partial charge in [-0.15, -0.1) is 0 Å². The number of aliphatic hydroxyl groups excluding tert-OH is 1. The number of carbonyl (C=O) groups excluding carboxylic acids is 1. The Morgan fingerprint density at radius 3 is 2.74 bits per heavy atom. The third-order valence-corrected chi connectivity index (χ3v) is 6.71. The molecule has 0 radical (unpaired) electrons. The lowest BCUT2D eigenvalue weighted by Crippen LogP contribution is -2.34. The number of fused-ring (bicyclic) bond motifs is 1. The summed E-state index contributed by atoms with van der Waals surface area (Å²) in [5.74, 6) is -0.130. The second-order valence-corrected chi connectivity index (χ2v) is 9.23. The highest BCUT2D eigenvalue weighted by molar-refractivity contribution is 5.91. The van der Waals surface area contributed by atoms with Gasteiger partial charge >= 0.3 is 0 Å². The van der Waals surface area contributed by atoms with Crippen molar-refractivity contribution in [3.63, 3.8) is 0 Å². The van der Waals surface area contributed by atoms with Gasteiger partial charge in [-0.1, -0.05) is 30.3 Å². The van der Waals surface area contributed by atoms with Gasteiger partial charge in [-0.3, -0.25) is 14.3 Å². The number of benzene rings is 2. The molecule has 1 aliphatic rings. The van der Waals surface area contributed by atoms with E-state index in [2.05, 4.69) is 15.3 Å². The number of hydrogen-bond acceptors (Lipinski definition) is 6. The van der Waals surface area contributed by atoms with Gasteiger partial charge in [0.15, 0.2) is 5.76 Å². The third-order valence-electron chi connectivity index (χ3n) is 6.71. The zero-order valence-electron chi connectivity index (χ0n) is 21.4. The number of carbonyl (C=O) groups is 1. The van der Waals surface area contributed by atoms with Crippen LogP contribution in [-0.2, 0) is 27.9 Å². The largest absolute Gasteiger partial charge is 0.459 e. The van der Waals surface area contributed by atoms with Crippen molar-refractivity contribution in [2.24, 2.45) is 7.05 Å². The molecule has 0 spiro atoms. The Kier molecular flexibility index (Phi) is 7.43. The lowest BCUT2D eigenvalue weighted by atomic mass is 9.93. The highest BCUT2D eigenvalue weighted by Crippen LogP contribution is 2.32. The van der Waals surface area contributed by atoms with Crippen LogP contribution in [0.3, 0.4) is 0 Å². The van der Waals surface area contributed by atoms with E-state index >= 15 is 0 Å². The Hall–Kier alpha value is -4.15. The number of amides is 1. The molecule has 2 atom stereocenters. The molecular weight excluding hydrogens is 486 g/mol. The first-order valence-corrected chi connectivity index (χ1v) is 12.6. The van der Waals surface area contributed by atoms with Gasteiger partial charge in [0.1, 0.15) is 5.82 Å². The summed E-state index contributed by atoms with van der Waals surface area (Å²) < 4.78 is 15.2. The van der Waals surface area contributed by atoms with Gasteiger partial charge < -0.3 is 24.9 Å². The van der Waals surface area contributed by atoms with E-state index in [1.54, 1.807) is 10.8 Å². The third kappa shape index (κ3) is 5.13. The molecule has 0 fully saturated rings. The number of aliphatic hydroxyl groups is 1. The second-order valence-electron chi connectivity index (χ2n) is 9.23. The quantitative estimate of drug-likeness (QED) is 0.294. The monoisotopic (exact) mass is 517 g/mol. The molecule has 0 saturated heterocycles. The fourth-order valence-electron chi connectivity index (χ4n) is 4.76. The number of nitrogens with one attached hydrogen (secondary N) is 2. The minimum atomic E-state index is -0.743. The van der Waals surface area contributed by atoms with Gasteiger partial charge in [-0.25, -0.2) is 9.67 Å². The summed E-state index contributed by atoms with van der Waals surface area (Å²) in [6.07, 6.45) is 1.75. The van der Waals surface area contributed by atoms with E-state index in [1.165, 1.54) is 0 Å². The number of imidazole rings is 1. The molecule has 1 aliphatic heterocycles. The number of H-pyrrole nitrogens is 1. The lowest BCUT2D eigenvalue weighted by molar-refractivity contribution is -0.147. The SMILES string of the molecule is Cc1c([C@H]2C=C(C(=O)NCc3nc4ccccc4[nH]3)O[C@@H](OCCCO)C2)c(=O)n(-c2ccccc2)n1C. The highest BCUT2D eigenvalue weighted by Gasteiger charge is 2.33. The Morgan fingerprint density at radius 1 is 1.21 bits per heavy atom. The molecule has 10 heteroatoms. The number of para-hydroxylation sites is 3. The summed E-state index contributed by atoms with van der Waals surface area (Å²) in [6, 6.07) is 17.1. The van der Waals surface area contributed by atoms with Crippen LogP contribution in [0.4, 0.5) is 0 Å². The Morgan fingerprint density at radius 2 is 1.97 bits per heavy atom. The Bertz CT molecular complexity index is 1480. The standard InChI is InChI=1S/C28H31N5O5/c1-18-26(28(36)33(32(18)2)20-9-4-3-5-10-20)19-15-23(38-25(16-19)37-14-8-13-34)27(35)29-17-24-30-21-11-6-7-12-22(21)31-24/h3-7,9-12,15,19,25,34H,8,13-14,16-17H2,1-2H3,(H,29,35)(H,30,31)/t19-,25+/m0/s1. The van der Waals surface area contributed by atoms with Crippen LogP contribution in [0.15, 0.2) is 71.2 Å². The van der Waals surface area contributed by atoms with Crippen LogP contribution in [-0.4, -0.2) is 49.8 Å². The summed E-state index contributed by atoms with van der Waals surface area (Å²) in [4.78, 5) is 34.5. The van der Waals surface area contributed by atoms with E-state index in [-0.39, 0.29) is 31.1 Å². The molecule has 10 nitrogen and oxygen atoms in total. The fourth-order valence-corrected chi connectivity index (χ4v) is 4.76. The van der Waals surface area contributed by atoms with Crippen LogP contribution < -0.4 is 10.9 Å². The minimum absolute atomic E-state index is 0.0175. The van der Waals surface area contributed by atoms with Gasteiger partial charge in [0.25, 0.3) is 11.5 Å². The fraction of sp³-hybridized carbons (Fsp3) is 0.321. The average Bonchev–Trinajstić information content (AvgIpc) is 3.45. The molecule has 0 bridgehead atoms. The molecule has 38 heavy (non-hydrogen) atoms. The maximum Gasteiger partial charge on any atom is 0.286 e. The maximum absolute atomic E-state index is 13.6. The van der Waals surface area contributed by atoms with Crippen molar-refractivity contribution in [1.29, 1.82) is 0 Å². The van der Waals surface area contributed by atoms with Gasteiger partial charge in [0.2, 0.25) is 6.29 Å². The summed E-state index contributed by atoms with van der Waals surface area (Å²) >= 11 is 0.